The number of benzene rings is 2. The zero-order chi connectivity index (χ0) is 23.2. The fourth-order valence-electron chi connectivity index (χ4n) is 4.17. The van der Waals surface area contributed by atoms with Crippen LogP contribution >= 0.6 is 0 Å². The molecular weight excluding hydrogens is 426 g/mol. The van der Waals surface area contributed by atoms with Crippen molar-refractivity contribution in [3.63, 3.8) is 0 Å². The van der Waals surface area contributed by atoms with E-state index in [-0.39, 0.29) is 16.3 Å². The molecule has 174 valence electrons. The maximum absolute atomic E-state index is 12.7. The van der Waals surface area contributed by atoms with Crippen LogP contribution in [-0.4, -0.2) is 52.5 Å². The third kappa shape index (κ3) is 5.81. The van der Waals surface area contributed by atoms with Gasteiger partial charge in [-0.3, -0.25) is 9.52 Å². The lowest BCUT2D eigenvalue weighted by Crippen LogP contribution is -2.52. The summed E-state index contributed by atoms with van der Waals surface area (Å²) in [6.07, 6.45) is 6.95. The largest absolute Gasteiger partial charge is 0.497 e. The van der Waals surface area contributed by atoms with E-state index in [0.717, 1.165) is 12.8 Å². The van der Waals surface area contributed by atoms with Gasteiger partial charge in [0.05, 0.1) is 12.0 Å². The van der Waals surface area contributed by atoms with Crippen LogP contribution in [0.15, 0.2) is 53.4 Å². The number of carbonyl (C=O) groups is 1. The van der Waals surface area contributed by atoms with Crippen molar-refractivity contribution < 1.29 is 17.9 Å². The number of nitrogens with one attached hydrogen (secondary N) is 2. The minimum Gasteiger partial charge on any atom is -0.497 e. The highest BCUT2D eigenvalue weighted by molar-refractivity contribution is 7.92. The summed E-state index contributed by atoms with van der Waals surface area (Å²) in [5.74, 6) is 0.450. The van der Waals surface area contributed by atoms with Gasteiger partial charge in [0.15, 0.2) is 0 Å². The number of ether oxygens (including phenoxy) is 1. The van der Waals surface area contributed by atoms with Gasteiger partial charge in [-0.25, -0.2) is 8.42 Å². The van der Waals surface area contributed by atoms with E-state index in [4.69, 9.17) is 4.74 Å². The van der Waals surface area contributed by atoms with Gasteiger partial charge in [-0.05, 0) is 75.5 Å². The fourth-order valence-corrected chi connectivity index (χ4v) is 5.23. The van der Waals surface area contributed by atoms with Gasteiger partial charge in [-0.2, -0.15) is 0 Å². The molecule has 1 saturated carbocycles. The fraction of sp³-hybridized carbons (Fsp3) is 0.458. The summed E-state index contributed by atoms with van der Waals surface area (Å²) in [7, 11) is 1.94. The molecule has 32 heavy (non-hydrogen) atoms. The standard InChI is InChI=1S/C24H33N3O4S/c1-27(2)24(16-6-4-5-7-17-24)18-25-23(28)19-8-14-22(15-9-19)32(29,30)26-20-10-12-21(31-3)13-11-20/h8-15,26H,4-7,16-18H2,1-3H3,(H,25,28). The number of sulfonamides is 1. The van der Waals surface area contributed by atoms with Crippen LogP contribution in [-0.2, 0) is 10.0 Å². The summed E-state index contributed by atoms with van der Waals surface area (Å²) in [6, 6.07) is 12.6. The number of nitrogens with zero attached hydrogens (tertiary/aromatic N) is 1. The van der Waals surface area contributed by atoms with E-state index in [2.05, 4.69) is 29.0 Å². The molecule has 2 N–H and O–H groups in total. The Morgan fingerprint density at radius 3 is 2.09 bits per heavy atom. The quantitative estimate of drug-likeness (QED) is 0.585. The third-order valence-electron chi connectivity index (χ3n) is 6.33. The van der Waals surface area contributed by atoms with E-state index in [1.165, 1.54) is 37.8 Å². The van der Waals surface area contributed by atoms with E-state index in [1.807, 2.05) is 0 Å². The van der Waals surface area contributed by atoms with Crippen LogP contribution in [0.4, 0.5) is 5.69 Å². The third-order valence-corrected chi connectivity index (χ3v) is 7.73. The van der Waals surface area contributed by atoms with E-state index in [1.54, 1.807) is 43.5 Å². The van der Waals surface area contributed by atoms with Gasteiger partial charge in [0, 0.05) is 23.3 Å². The molecule has 0 bridgehead atoms. The summed E-state index contributed by atoms with van der Waals surface area (Å²) in [4.78, 5) is 15.1. The van der Waals surface area contributed by atoms with E-state index in [9.17, 15) is 13.2 Å². The summed E-state index contributed by atoms with van der Waals surface area (Å²) < 4.78 is 33.0. The molecule has 0 unspecified atom stereocenters. The van der Waals surface area contributed by atoms with Gasteiger partial charge >= 0.3 is 0 Å². The van der Waals surface area contributed by atoms with Crippen molar-refractivity contribution in [1.29, 1.82) is 0 Å². The summed E-state index contributed by atoms with van der Waals surface area (Å²) >= 11 is 0. The molecule has 1 aliphatic carbocycles. The lowest BCUT2D eigenvalue weighted by atomic mass is 9.88. The molecule has 0 radical (unpaired) electrons. The molecule has 2 aromatic carbocycles. The molecule has 1 amide bonds. The van der Waals surface area contributed by atoms with Crippen molar-refractivity contribution >= 4 is 21.6 Å². The van der Waals surface area contributed by atoms with Crippen molar-refractivity contribution in [2.24, 2.45) is 0 Å². The van der Waals surface area contributed by atoms with Crippen LogP contribution in [0.2, 0.25) is 0 Å². The van der Waals surface area contributed by atoms with Crippen molar-refractivity contribution in [3.8, 4) is 5.75 Å². The second-order valence-electron chi connectivity index (χ2n) is 8.57. The first-order valence-corrected chi connectivity index (χ1v) is 12.5. The average Bonchev–Trinajstić information content (AvgIpc) is 3.04. The lowest BCUT2D eigenvalue weighted by Gasteiger charge is -2.39. The van der Waals surface area contributed by atoms with Crippen LogP contribution in [0.3, 0.4) is 0 Å². The van der Waals surface area contributed by atoms with E-state index < -0.39 is 10.0 Å². The number of methoxy groups -OCH3 is 1. The van der Waals surface area contributed by atoms with Crippen molar-refractivity contribution in [3.05, 3.63) is 54.1 Å². The van der Waals surface area contributed by atoms with Crippen LogP contribution in [0, 0.1) is 0 Å². The summed E-state index contributed by atoms with van der Waals surface area (Å²) in [6.45, 7) is 0.581. The number of carbonyl (C=O) groups excluding carboxylic acids is 1. The number of amides is 1. The maximum Gasteiger partial charge on any atom is 0.261 e. The van der Waals surface area contributed by atoms with Crippen LogP contribution in [0.5, 0.6) is 5.75 Å². The molecule has 0 heterocycles. The van der Waals surface area contributed by atoms with Gasteiger partial charge in [-0.15, -0.1) is 0 Å². The molecule has 3 rings (SSSR count). The predicted octanol–water partition coefficient (Wildman–Crippen LogP) is 3.88. The lowest BCUT2D eigenvalue weighted by molar-refractivity contribution is 0.0869. The van der Waals surface area contributed by atoms with Crippen molar-refractivity contribution in [2.75, 3.05) is 32.5 Å². The Bertz CT molecular complexity index is 995. The topological polar surface area (TPSA) is 87.7 Å². The number of likely N-dealkylation sites (N-methyl/N-ethyl adjacent to an activating group) is 1. The van der Waals surface area contributed by atoms with Crippen molar-refractivity contribution in [1.82, 2.24) is 10.2 Å². The predicted molar refractivity (Wildman–Crippen MR) is 127 cm³/mol. The average molecular weight is 460 g/mol. The minimum absolute atomic E-state index is 0.0300. The monoisotopic (exact) mass is 459 g/mol. The van der Waals surface area contributed by atoms with Crippen LogP contribution in [0.25, 0.3) is 0 Å². The summed E-state index contributed by atoms with van der Waals surface area (Å²) in [5, 5.41) is 3.07. The Labute approximate surface area is 191 Å². The number of hydrogen-bond acceptors (Lipinski definition) is 5. The highest BCUT2D eigenvalue weighted by Crippen LogP contribution is 2.30. The highest BCUT2D eigenvalue weighted by atomic mass is 32.2. The van der Waals surface area contributed by atoms with Gasteiger partial charge < -0.3 is 15.0 Å². The molecule has 1 fully saturated rings. The van der Waals surface area contributed by atoms with E-state index in [0.29, 0.717) is 23.5 Å². The second-order valence-corrected chi connectivity index (χ2v) is 10.3. The molecule has 0 atom stereocenters. The smallest absolute Gasteiger partial charge is 0.261 e. The number of anilines is 1. The maximum atomic E-state index is 12.7. The van der Waals surface area contributed by atoms with Gasteiger partial charge in [0.2, 0.25) is 0 Å². The second kappa shape index (κ2) is 10.4. The molecular formula is C24H33N3O4S. The molecule has 0 spiro atoms. The normalized spacial score (nSPS) is 16.2. The molecule has 0 aliphatic heterocycles. The zero-order valence-electron chi connectivity index (χ0n) is 19.1. The number of rotatable bonds is 8. The molecule has 7 nitrogen and oxygen atoms in total. The Kier molecular flexibility index (Phi) is 7.79. The molecule has 1 aliphatic rings. The molecule has 0 saturated heterocycles. The highest BCUT2D eigenvalue weighted by Gasteiger charge is 2.33. The van der Waals surface area contributed by atoms with Crippen molar-refractivity contribution in [2.45, 2.75) is 49.0 Å². The first-order valence-electron chi connectivity index (χ1n) is 11.0. The number of hydrogen-bond donors (Lipinski definition) is 2. The first-order chi connectivity index (χ1) is 15.3. The molecule has 0 aromatic heterocycles. The van der Waals surface area contributed by atoms with E-state index >= 15 is 0 Å². The van der Waals surface area contributed by atoms with Gasteiger partial charge in [0.1, 0.15) is 5.75 Å². The SMILES string of the molecule is COc1ccc(NS(=O)(=O)c2ccc(C(=O)NCC3(N(C)C)CCCCCC3)cc2)cc1. The van der Waals surface area contributed by atoms with Crippen LogP contribution < -0.4 is 14.8 Å². The minimum atomic E-state index is -3.76. The zero-order valence-corrected chi connectivity index (χ0v) is 19.9. The molecule has 8 heteroatoms. The van der Waals surface area contributed by atoms with Gasteiger partial charge in [0.25, 0.3) is 15.9 Å². The molecule has 2 aromatic rings. The Hall–Kier alpha value is -2.58. The Balaban J connectivity index is 1.65. The van der Waals surface area contributed by atoms with Crippen LogP contribution in [0.1, 0.15) is 48.9 Å². The van der Waals surface area contributed by atoms with Gasteiger partial charge in [-0.1, -0.05) is 25.7 Å². The Morgan fingerprint density at radius 1 is 0.969 bits per heavy atom. The first kappa shape index (κ1) is 24.1. The Morgan fingerprint density at radius 2 is 1.56 bits per heavy atom. The summed E-state index contributed by atoms with van der Waals surface area (Å²) in [5.41, 5.74) is 0.846.